The minimum absolute atomic E-state index is 0.202. The van der Waals surface area contributed by atoms with Gasteiger partial charge in [-0.15, -0.1) is 11.3 Å². The van der Waals surface area contributed by atoms with Crippen LogP contribution in [0.15, 0.2) is 30.5 Å². The molecule has 2 heterocycles. The first kappa shape index (κ1) is 13.0. The van der Waals surface area contributed by atoms with E-state index in [9.17, 15) is 9.18 Å². The van der Waals surface area contributed by atoms with Crippen LogP contribution in [0.3, 0.4) is 0 Å². The van der Waals surface area contributed by atoms with Gasteiger partial charge in [-0.05, 0) is 24.3 Å². The van der Waals surface area contributed by atoms with E-state index >= 15 is 0 Å². The zero-order valence-electron chi connectivity index (χ0n) is 9.56. The monoisotopic (exact) mass is 284 g/mol. The Hall–Kier alpha value is -1.46. The molecule has 18 heavy (non-hydrogen) atoms. The topological polar surface area (TPSA) is 33.2 Å². The third-order valence-corrected chi connectivity index (χ3v) is 3.56. The maximum atomic E-state index is 12.7. The molecule has 0 saturated heterocycles. The van der Waals surface area contributed by atoms with Crippen LogP contribution in [0.1, 0.15) is 15.2 Å². The number of thiophene rings is 1. The molecule has 0 N–H and O–H groups in total. The van der Waals surface area contributed by atoms with Crippen LogP contribution in [0.2, 0.25) is 4.34 Å². The number of carbonyl (C=O) groups excluding carboxylic acids is 1. The smallest absolute Gasteiger partial charge is 0.255 e. The van der Waals surface area contributed by atoms with Crippen LogP contribution in [0.5, 0.6) is 0 Å². The average molecular weight is 285 g/mol. The maximum absolute atomic E-state index is 12.7. The first-order valence-electron chi connectivity index (χ1n) is 5.17. The molecule has 0 spiro atoms. The highest BCUT2D eigenvalue weighted by molar-refractivity contribution is 7.16. The number of amides is 1. The molecule has 0 saturated carbocycles. The fourth-order valence-electron chi connectivity index (χ4n) is 1.46. The van der Waals surface area contributed by atoms with E-state index in [1.54, 1.807) is 13.1 Å². The van der Waals surface area contributed by atoms with E-state index < -0.39 is 5.95 Å². The molecule has 2 aromatic rings. The molecule has 94 valence electrons. The molecule has 0 radical (unpaired) electrons. The van der Waals surface area contributed by atoms with E-state index in [0.29, 0.717) is 16.4 Å². The summed E-state index contributed by atoms with van der Waals surface area (Å²) in [7, 11) is 1.68. The van der Waals surface area contributed by atoms with Gasteiger partial charge < -0.3 is 4.90 Å². The summed E-state index contributed by atoms with van der Waals surface area (Å²) in [5.74, 6) is -0.800. The van der Waals surface area contributed by atoms with Crippen LogP contribution >= 0.6 is 22.9 Å². The highest BCUT2D eigenvalue weighted by atomic mass is 35.5. The number of hydrogen-bond donors (Lipinski definition) is 0. The lowest BCUT2D eigenvalue weighted by molar-refractivity contribution is 0.0786. The highest BCUT2D eigenvalue weighted by Crippen LogP contribution is 2.22. The van der Waals surface area contributed by atoms with Crippen LogP contribution in [0.25, 0.3) is 0 Å². The zero-order chi connectivity index (χ0) is 13.1. The number of nitrogens with zero attached hydrogens (tertiary/aromatic N) is 2. The quantitative estimate of drug-likeness (QED) is 0.811. The van der Waals surface area contributed by atoms with E-state index in [4.69, 9.17) is 11.6 Å². The highest BCUT2D eigenvalue weighted by Gasteiger charge is 2.13. The lowest BCUT2D eigenvalue weighted by atomic mass is 10.2. The van der Waals surface area contributed by atoms with E-state index in [1.807, 2.05) is 6.07 Å². The molecule has 2 aromatic heterocycles. The SMILES string of the molecule is CN(Cc1ccc(Cl)s1)C(=O)c1ccc(F)nc1. The van der Waals surface area contributed by atoms with Crippen LogP contribution in [0, 0.1) is 5.95 Å². The molecule has 3 nitrogen and oxygen atoms in total. The van der Waals surface area contributed by atoms with Crippen molar-refractivity contribution >= 4 is 28.8 Å². The first-order chi connectivity index (χ1) is 8.56. The van der Waals surface area contributed by atoms with Crippen molar-refractivity contribution in [2.75, 3.05) is 7.05 Å². The van der Waals surface area contributed by atoms with Gasteiger partial charge in [0.25, 0.3) is 5.91 Å². The summed E-state index contributed by atoms with van der Waals surface area (Å²) in [5.41, 5.74) is 0.363. The Balaban J connectivity index is 2.07. The second-order valence-corrected chi connectivity index (χ2v) is 5.54. The molecule has 1 amide bonds. The molecular weight excluding hydrogens is 275 g/mol. The van der Waals surface area contributed by atoms with Gasteiger partial charge >= 0.3 is 0 Å². The summed E-state index contributed by atoms with van der Waals surface area (Å²) in [5, 5.41) is 0. The molecule has 0 fully saturated rings. The molecule has 0 aliphatic carbocycles. The van der Waals surface area contributed by atoms with Crippen molar-refractivity contribution in [2.24, 2.45) is 0 Å². The number of pyridine rings is 1. The van der Waals surface area contributed by atoms with Gasteiger partial charge in [0.15, 0.2) is 0 Å². The van der Waals surface area contributed by atoms with Gasteiger partial charge in [-0.1, -0.05) is 11.6 Å². The van der Waals surface area contributed by atoms with Gasteiger partial charge in [-0.25, -0.2) is 4.98 Å². The molecule has 0 aromatic carbocycles. The predicted octanol–water partition coefficient (Wildman–Crippen LogP) is 3.21. The van der Waals surface area contributed by atoms with Crippen LogP contribution < -0.4 is 0 Å². The molecule has 2 rings (SSSR count). The van der Waals surface area contributed by atoms with E-state index in [0.717, 1.165) is 4.88 Å². The number of rotatable bonds is 3. The zero-order valence-corrected chi connectivity index (χ0v) is 11.1. The number of hydrogen-bond acceptors (Lipinski definition) is 3. The van der Waals surface area contributed by atoms with Crippen LogP contribution in [0.4, 0.5) is 4.39 Å². The molecule has 0 unspecified atom stereocenters. The first-order valence-corrected chi connectivity index (χ1v) is 6.37. The second-order valence-electron chi connectivity index (χ2n) is 3.74. The van der Waals surface area contributed by atoms with Crippen molar-refractivity contribution in [1.29, 1.82) is 0 Å². The van der Waals surface area contributed by atoms with Crippen LogP contribution in [-0.2, 0) is 6.54 Å². The fourth-order valence-corrected chi connectivity index (χ4v) is 2.61. The minimum atomic E-state index is -0.598. The third kappa shape index (κ3) is 3.05. The largest absolute Gasteiger partial charge is 0.337 e. The summed E-state index contributed by atoms with van der Waals surface area (Å²) in [4.78, 5) is 18.0. The van der Waals surface area contributed by atoms with E-state index in [2.05, 4.69) is 4.98 Å². The molecule has 0 aliphatic rings. The Labute approximate surface area is 113 Å². The summed E-state index contributed by atoms with van der Waals surface area (Å²) in [6.45, 7) is 0.466. The number of aromatic nitrogens is 1. The summed E-state index contributed by atoms with van der Waals surface area (Å²) in [6.07, 6.45) is 1.23. The van der Waals surface area contributed by atoms with Gasteiger partial charge in [0, 0.05) is 18.1 Å². The Bertz CT molecular complexity index is 555. The molecule has 0 aliphatic heterocycles. The van der Waals surface area contributed by atoms with E-state index in [1.165, 1.54) is 34.6 Å². The number of halogens is 2. The van der Waals surface area contributed by atoms with Crippen molar-refractivity contribution in [3.05, 3.63) is 51.2 Å². The van der Waals surface area contributed by atoms with Gasteiger partial charge in [0.2, 0.25) is 5.95 Å². The average Bonchev–Trinajstić information content (AvgIpc) is 2.75. The minimum Gasteiger partial charge on any atom is -0.337 e. The second kappa shape index (κ2) is 5.46. The molecule has 6 heteroatoms. The Kier molecular flexibility index (Phi) is 3.93. The predicted molar refractivity (Wildman–Crippen MR) is 69.3 cm³/mol. The third-order valence-electron chi connectivity index (χ3n) is 2.34. The summed E-state index contributed by atoms with van der Waals surface area (Å²) >= 11 is 7.25. The van der Waals surface area contributed by atoms with Crippen molar-refractivity contribution in [3.63, 3.8) is 0 Å². The molecular formula is C12H10ClFN2OS. The van der Waals surface area contributed by atoms with Gasteiger partial charge in [0.1, 0.15) is 0 Å². The number of carbonyl (C=O) groups is 1. The molecule has 0 bridgehead atoms. The standard InChI is InChI=1S/C12H10ClFN2OS/c1-16(7-9-3-4-10(13)18-9)12(17)8-2-5-11(14)15-6-8/h2-6H,7H2,1H3. The van der Waals surface area contributed by atoms with Crippen LogP contribution in [-0.4, -0.2) is 22.8 Å². The van der Waals surface area contributed by atoms with Crippen molar-refractivity contribution < 1.29 is 9.18 Å². The van der Waals surface area contributed by atoms with Gasteiger partial charge in [-0.3, -0.25) is 4.79 Å². The normalized spacial score (nSPS) is 10.4. The van der Waals surface area contributed by atoms with E-state index in [-0.39, 0.29) is 5.91 Å². The van der Waals surface area contributed by atoms with Crippen molar-refractivity contribution in [2.45, 2.75) is 6.54 Å². The summed E-state index contributed by atoms with van der Waals surface area (Å²) in [6, 6.07) is 6.25. The van der Waals surface area contributed by atoms with Crippen molar-refractivity contribution in [1.82, 2.24) is 9.88 Å². The van der Waals surface area contributed by atoms with Crippen molar-refractivity contribution in [3.8, 4) is 0 Å². The lowest BCUT2D eigenvalue weighted by Gasteiger charge is -2.15. The Morgan fingerprint density at radius 3 is 2.78 bits per heavy atom. The Morgan fingerprint density at radius 1 is 1.44 bits per heavy atom. The lowest BCUT2D eigenvalue weighted by Crippen LogP contribution is -2.25. The Morgan fingerprint density at radius 2 is 2.22 bits per heavy atom. The fraction of sp³-hybridized carbons (Fsp3) is 0.167. The maximum Gasteiger partial charge on any atom is 0.255 e. The molecule has 0 atom stereocenters. The van der Waals surface area contributed by atoms with Gasteiger partial charge in [0.05, 0.1) is 16.4 Å². The summed E-state index contributed by atoms with van der Waals surface area (Å²) < 4.78 is 13.3. The van der Waals surface area contributed by atoms with Gasteiger partial charge in [-0.2, -0.15) is 4.39 Å².